The molecule has 0 radical (unpaired) electrons. The fraction of sp³-hybridized carbons (Fsp3) is 0.833. The molecular formula is C12H20O. The zero-order valence-electron chi connectivity index (χ0n) is 8.54. The predicted octanol–water partition coefficient (Wildman–Crippen LogP) is 3.02. The molecule has 0 aliphatic heterocycles. The Kier molecular flexibility index (Phi) is 3.05. The van der Waals surface area contributed by atoms with Crippen LogP contribution in [-0.4, -0.2) is 13.2 Å². The Morgan fingerprint density at radius 3 is 3.08 bits per heavy atom. The summed E-state index contributed by atoms with van der Waals surface area (Å²) in [5.74, 6) is 2.85. The maximum absolute atomic E-state index is 5.51. The maximum Gasteiger partial charge on any atom is 0.0499 e. The molecule has 0 aromatic rings. The molecule has 3 atom stereocenters. The zero-order valence-corrected chi connectivity index (χ0v) is 8.54. The van der Waals surface area contributed by atoms with Gasteiger partial charge in [-0.25, -0.2) is 0 Å². The molecule has 2 rings (SSSR count). The third-order valence-electron chi connectivity index (χ3n) is 3.51. The van der Waals surface area contributed by atoms with Crippen molar-refractivity contribution in [3.8, 4) is 0 Å². The van der Waals surface area contributed by atoms with Crippen molar-refractivity contribution in [2.45, 2.75) is 32.6 Å². The summed E-state index contributed by atoms with van der Waals surface area (Å²) in [7, 11) is 0. The predicted molar refractivity (Wildman–Crippen MR) is 54.6 cm³/mol. The molecule has 0 bridgehead atoms. The van der Waals surface area contributed by atoms with Gasteiger partial charge in [-0.15, -0.1) is 0 Å². The standard InChI is InChI=1S/C12H20O/c1-2-13-9-12-10-7-5-3-4-6-8-11(10)12/h3,5,10-12H,2,4,6-9H2,1H3/b5-3+. The first kappa shape index (κ1) is 9.26. The molecule has 0 aromatic carbocycles. The maximum atomic E-state index is 5.51. The summed E-state index contributed by atoms with van der Waals surface area (Å²) in [5.41, 5.74) is 0. The lowest BCUT2D eigenvalue weighted by atomic mass is 10.1. The summed E-state index contributed by atoms with van der Waals surface area (Å²) in [6.07, 6.45) is 10.2. The molecule has 0 N–H and O–H groups in total. The minimum atomic E-state index is 0.881. The Morgan fingerprint density at radius 1 is 1.31 bits per heavy atom. The van der Waals surface area contributed by atoms with E-state index in [0.717, 1.165) is 31.0 Å². The number of ether oxygens (including phenoxy) is 1. The van der Waals surface area contributed by atoms with E-state index >= 15 is 0 Å². The molecule has 0 spiro atoms. The van der Waals surface area contributed by atoms with Crippen molar-refractivity contribution in [1.82, 2.24) is 0 Å². The summed E-state index contributed by atoms with van der Waals surface area (Å²) in [4.78, 5) is 0. The van der Waals surface area contributed by atoms with Crippen LogP contribution in [0.2, 0.25) is 0 Å². The Hall–Kier alpha value is -0.300. The largest absolute Gasteiger partial charge is 0.381 e. The van der Waals surface area contributed by atoms with Crippen molar-refractivity contribution in [2.75, 3.05) is 13.2 Å². The third-order valence-corrected chi connectivity index (χ3v) is 3.51. The summed E-state index contributed by atoms with van der Waals surface area (Å²) < 4.78 is 5.51. The van der Waals surface area contributed by atoms with Gasteiger partial charge in [-0.1, -0.05) is 12.2 Å². The highest BCUT2D eigenvalue weighted by molar-refractivity contribution is 5.02. The number of rotatable bonds is 3. The molecule has 2 aliphatic carbocycles. The monoisotopic (exact) mass is 180 g/mol. The van der Waals surface area contributed by atoms with Crippen molar-refractivity contribution >= 4 is 0 Å². The summed E-state index contributed by atoms with van der Waals surface area (Å²) >= 11 is 0. The van der Waals surface area contributed by atoms with Gasteiger partial charge in [-0.3, -0.25) is 0 Å². The molecule has 1 saturated carbocycles. The van der Waals surface area contributed by atoms with Gasteiger partial charge in [0.25, 0.3) is 0 Å². The normalized spacial score (nSPS) is 40.2. The molecule has 3 unspecified atom stereocenters. The Balaban J connectivity index is 1.80. The highest BCUT2D eigenvalue weighted by atomic mass is 16.5. The van der Waals surface area contributed by atoms with E-state index in [1.54, 1.807) is 0 Å². The van der Waals surface area contributed by atoms with Gasteiger partial charge in [0, 0.05) is 13.2 Å². The smallest absolute Gasteiger partial charge is 0.0499 e. The van der Waals surface area contributed by atoms with E-state index in [0.29, 0.717) is 0 Å². The van der Waals surface area contributed by atoms with Crippen LogP contribution in [0.25, 0.3) is 0 Å². The van der Waals surface area contributed by atoms with Crippen LogP contribution in [0.3, 0.4) is 0 Å². The van der Waals surface area contributed by atoms with Crippen LogP contribution >= 0.6 is 0 Å². The molecule has 2 aliphatic rings. The van der Waals surface area contributed by atoms with Crippen LogP contribution in [0, 0.1) is 17.8 Å². The van der Waals surface area contributed by atoms with E-state index in [4.69, 9.17) is 4.74 Å². The average molecular weight is 180 g/mol. The molecule has 0 heterocycles. The highest BCUT2D eigenvalue weighted by Gasteiger charge is 2.48. The first-order chi connectivity index (χ1) is 6.43. The number of fused-ring (bicyclic) bond motifs is 1. The third kappa shape index (κ3) is 2.14. The topological polar surface area (TPSA) is 9.23 Å². The summed E-state index contributed by atoms with van der Waals surface area (Å²) in [6.45, 7) is 3.98. The molecule has 1 fully saturated rings. The van der Waals surface area contributed by atoms with Gasteiger partial charge < -0.3 is 4.74 Å². The van der Waals surface area contributed by atoms with Gasteiger partial charge in [0.2, 0.25) is 0 Å². The van der Waals surface area contributed by atoms with E-state index in [9.17, 15) is 0 Å². The molecule has 13 heavy (non-hydrogen) atoms. The van der Waals surface area contributed by atoms with Gasteiger partial charge in [0.05, 0.1) is 0 Å². The highest BCUT2D eigenvalue weighted by Crippen LogP contribution is 2.52. The van der Waals surface area contributed by atoms with Crippen molar-refractivity contribution in [2.24, 2.45) is 17.8 Å². The first-order valence-corrected chi connectivity index (χ1v) is 5.66. The Morgan fingerprint density at radius 2 is 2.23 bits per heavy atom. The van der Waals surface area contributed by atoms with Crippen molar-refractivity contribution in [3.05, 3.63) is 12.2 Å². The van der Waals surface area contributed by atoms with Gasteiger partial charge in [0.1, 0.15) is 0 Å². The molecule has 1 heteroatoms. The Labute approximate surface area is 81.2 Å². The van der Waals surface area contributed by atoms with E-state index < -0.39 is 0 Å². The van der Waals surface area contributed by atoms with Crippen LogP contribution < -0.4 is 0 Å². The summed E-state index contributed by atoms with van der Waals surface area (Å²) in [5, 5.41) is 0. The SMILES string of the molecule is CCOCC1C2C/C=C/CCCC21. The summed E-state index contributed by atoms with van der Waals surface area (Å²) in [6, 6.07) is 0. The van der Waals surface area contributed by atoms with Crippen LogP contribution in [0.1, 0.15) is 32.6 Å². The first-order valence-electron chi connectivity index (χ1n) is 5.66. The molecular weight excluding hydrogens is 160 g/mol. The zero-order chi connectivity index (χ0) is 9.10. The van der Waals surface area contributed by atoms with Crippen LogP contribution in [-0.2, 0) is 4.74 Å². The fourth-order valence-corrected chi connectivity index (χ4v) is 2.65. The molecule has 0 amide bonds. The lowest BCUT2D eigenvalue weighted by molar-refractivity contribution is 0.130. The van der Waals surface area contributed by atoms with Crippen molar-refractivity contribution < 1.29 is 4.74 Å². The molecule has 0 saturated heterocycles. The lowest BCUT2D eigenvalue weighted by Gasteiger charge is -1.99. The quantitative estimate of drug-likeness (QED) is 0.607. The second-order valence-corrected chi connectivity index (χ2v) is 4.29. The van der Waals surface area contributed by atoms with Gasteiger partial charge >= 0.3 is 0 Å². The van der Waals surface area contributed by atoms with Gasteiger partial charge in [-0.2, -0.15) is 0 Å². The minimum Gasteiger partial charge on any atom is -0.381 e. The van der Waals surface area contributed by atoms with Gasteiger partial charge in [-0.05, 0) is 50.4 Å². The van der Waals surface area contributed by atoms with Crippen molar-refractivity contribution in [1.29, 1.82) is 0 Å². The van der Waals surface area contributed by atoms with Crippen LogP contribution in [0.4, 0.5) is 0 Å². The molecule has 74 valence electrons. The van der Waals surface area contributed by atoms with E-state index in [1.807, 2.05) is 0 Å². The minimum absolute atomic E-state index is 0.881. The lowest BCUT2D eigenvalue weighted by Crippen LogP contribution is -1.97. The second kappa shape index (κ2) is 4.28. The van der Waals surface area contributed by atoms with Crippen LogP contribution in [0.15, 0.2) is 12.2 Å². The molecule has 0 aromatic heterocycles. The Bertz CT molecular complexity index is 186. The van der Waals surface area contributed by atoms with E-state index in [1.165, 1.54) is 25.7 Å². The van der Waals surface area contributed by atoms with E-state index in [-0.39, 0.29) is 0 Å². The molecule has 1 nitrogen and oxygen atoms in total. The number of hydrogen-bond acceptors (Lipinski definition) is 1. The van der Waals surface area contributed by atoms with E-state index in [2.05, 4.69) is 19.1 Å². The fourth-order valence-electron chi connectivity index (χ4n) is 2.65. The number of hydrogen-bond donors (Lipinski definition) is 0. The second-order valence-electron chi connectivity index (χ2n) is 4.29. The van der Waals surface area contributed by atoms with Crippen molar-refractivity contribution in [3.63, 3.8) is 0 Å². The van der Waals surface area contributed by atoms with Crippen LogP contribution in [0.5, 0.6) is 0 Å². The average Bonchev–Trinajstić information content (AvgIpc) is 2.72. The van der Waals surface area contributed by atoms with Gasteiger partial charge in [0.15, 0.2) is 0 Å². The number of allylic oxidation sites excluding steroid dienone is 2.